The van der Waals surface area contributed by atoms with Gasteiger partial charge in [-0.25, -0.2) is 9.59 Å². The fourth-order valence-corrected chi connectivity index (χ4v) is 5.15. The van der Waals surface area contributed by atoms with Crippen LogP contribution in [0, 0.1) is 0 Å². The molecule has 3 aromatic carbocycles. The molecule has 10 nitrogen and oxygen atoms in total. The van der Waals surface area contributed by atoms with Crippen LogP contribution in [0.25, 0.3) is 11.1 Å². The first-order chi connectivity index (χ1) is 21.0. The van der Waals surface area contributed by atoms with Crippen molar-refractivity contribution in [1.82, 2.24) is 10.6 Å². The van der Waals surface area contributed by atoms with E-state index in [4.69, 9.17) is 23.7 Å². The third-order valence-corrected chi connectivity index (χ3v) is 7.16. The van der Waals surface area contributed by atoms with E-state index >= 15 is 0 Å². The summed E-state index contributed by atoms with van der Waals surface area (Å²) in [6, 6.07) is 19.9. The summed E-state index contributed by atoms with van der Waals surface area (Å²) in [6.07, 6.45) is -1.49. The summed E-state index contributed by atoms with van der Waals surface area (Å²) in [4.78, 5) is 38.0. The smallest absolute Gasteiger partial charge is 0.407 e. The highest BCUT2D eigenvalue weighted by Crippen LogP contribution is 2.44. The highest BCUT2D eigenvalue weighted by molar-refractivity contribution is 5.82. The SMILES string of the molecule is CNC(=O)COc1ccc(COC(=O)[C@@H](NC(=O)OCC2c3ccccc3-c3ccccc32)[C@@H](C)OC(C)(C)C)c(OC)c1. The molecule has 0 bridgehead atoms. The molecule has 2 amide bonds. The van der Waals surface area contributed by atoms with Gasteiger partial charge in [0, 0.05) is 24.6 Å². The Morgan fingerprint density at radius 3 is 2.14 bits per heavy atom. The van der Waals surface area contributed by atoms with Gasteiger partial charge in [0.05, 0.1) is 18.8 Å². The zero-order valence-electron chi connectivity index (χ0n) is 26.0. The van der Waals surface area contributed by atoms with E-state index in [2.05, 4.69) is 22.8 Å². The lowest BCUT2D eigenvalue weighted by molar-refractivity contribution is -0.155. The van der Waals surface area contributed by atoms with Gasteiger partial charge in [-0.05, 0) is 62.1 Å². The van der Waals surface area contributed by atoms with Crippen molar-refractivity contribution in [3.05, 3.63) is 83.4 Å². The maximum Gasteiger partial charge on any atom is 0.407 e. The van der Waals surface area contributed by atoms with Crippen molar-refractivity contribution in [2.45, 2.75) is 58.0 Å². The Kier molecular flexibility index (Phi) is 10.5. The minimum Gasteiger partial charge on any atom is -0.496 e. The molecule has 0 aliphatic heterocycles. The molecule has 2 N–H and O–H groups in total. The van der Waals surface area contributed by atoms with E-state index in [0.717, 1.165) is 22.3 Å². The second kappa shape index (κ2) is 14.3. The molecule has 0 radical (unpaired) electrons. The summed E-state index contributed by atoms with van der Waals surface area (Å²) in [5, 5.41) is 5.15. The highest BCUT2D eigenvalue weighted by Gasteiger charge is 2.34. The number of nitrogens with one attached hydrogen (secondary N) is 2. The standard InChI is InChI=1S/C34H40N2O8/c1-21(44-34(2,3)4)31(32(38)42-18-22-15-16-23(17-29(22)40-6)41-20-30(37)35-5)36-33(39)43-19-28-26-13-9-7-11-24(26)25-12-8-10-14-27(25)28/h7-17,21,28,31H,18-20H2,1-6H3,(H,35,37)(H,36,39)/t21-,31+/m1/s1. The van der Waals surface area contributed by atoms with Crippen LogP contribution in [0.5, 0.6) is 11.5 Å². The summed E-state index contributed by atoms with van der Waals surface area (Å²) in [5.74, 6) is -0.270. The number of benzene rings is 3. The van der Waals surface area contributed by atoms with Crippen LogP contribution in [-0.4, -0.2) is 63.1 Å². The number of rotatable bonds is 12. The van der Waals surface area contributed by atoms with Gasteiger partial charge >= 0.3 is 12.1 Å². The molecule has 0 unspecified atom stereocenters. The van der Waals surface area contributed by atoms with Crippen LogP contribution in [0.4, 0.5) is 4.79 Å². The number of hydrogen-bond donors (Lipinski definition) is 2. The van der Waals surface area contributed by atoms with E-state index in [0.29, 0.717) is 17.1 Å². The molecular weight excluding hydrogens is 564 g/mol. The topological polar surface area (TPSA) is 121 Å². The largest absolute Gasteiger partial charge is 0.496 e. The van der Waals surface area contributed by atoms with Gasteiger partial charge in [-0.1, -0.05) is 48.5 Å². The maximum atomic E-state index is 13.4. The first-order valence-electron chi connectivity index (χ1n) is 14.5. The van der Waals surface area contributed by atoms with Crippen LogP contribution < -0.4 is 20.1 Å². The average molecular weight is 605 g/mol. The summed E-state index contributed by atoms with van der Waals surface area (Å²) in [5.41, 5.74) is 4.38. The number of esters is 1. The fraction of sp³-hybridized carbons (Fsp3) is 0.382. The summed E-state index contributed by atoms with van der Waals surface area (Å²) >= 11 is 0. The van der Waals surface area contributed by atoms with E-state index in [1.165, 1.54) is 14.2 Å². The molecule has 44 heavy (non-hydrogen) atoms. The summed E-state index contributed by atoms with van der Waals surface area (Å²) in [7, 11) is 3.00. The number of fused-ring (bicyclic) bond motifs is 3. The van der Waals surface area contributed by atoms with Crippen molar-refractivity contribution in [3.8, 4) is 22.6 Å². The Labute approximate surface area is 258 Å². The Hall–Kier alpha value is -4.57. The molecule has 2 atom stereocenters. The minimum atomic E-state index is -1.15. The molecule has 0 fully saturated rings. The predicted molar refractivity (Wildman–Crippen MR) is 165 cm³/mol. The Morgan fingerprint density at radius 1 is 0.909 bits per heavy atom. The van der Waals surface area contributed by atoms with Crippen LogP contribution in [0.15, 0.2) is 66.7 Å². The summed E-state index contributed by atoms with van der Waals surface area (Å²) < 4.78 is 28.2. The van der Waals surface area contributed by atoms with Gasteiger partial charge in [-0.3, -0.25) is 4.79 Å². The molecule has 10 heteroatoms. The van der Waals surface area contributed by atoms with Crippen molar-refractivity contribution < 1.29 is 38.1 Å². The molecule has 0 saturated carbocycles. The fourth-order valence-electron chi connectivity index (χ4n) is 5.15. The van der Waals surface area contributed by atoms with Gasteiger partial charge in [-0.15, -0.1) is 0 Å². The average Bonchev–Trinajstić information content (AvgIpc) is 3.33. The van der Waals surface area contributed by atoms with Gasteiger partial charge in [0.2, 0.25) is 0 Å². The van der Waals surface area contributed by atoms with Crippen LogP contribution >= 0.6 is 0 Å². The van der Waals surface area contributed by atoms with Crippen molar-refractivity contribution in [1.29, 1.82) is 0 Å². The Bertz CT molecular complexity index is 1440. The third kappa shape index (κ3) is 8.08. The molecule has 3 aromatic rings. The van der Waals surface area contributed by atoms with Gasteiger partial charge in [-0.2, -0.15) is 0 Å². The van der Waals surface area contributed by atoms with Crippen LogP contribution in [0.2, 0.25) is 0 Å². The predicted octanol–water partition coefficient (Wildman–Crippen LogP) is 4.97. The van der Waals surface area contributed by atoms with Crippen molar-refractivity contribution in [2.75, 3.05) is 27.4 Å². The molecule has 1 aliphatic carbocycles. The van der Waals surface area contributed by atoms with E-state index in [1.54, 1.807) is 25.1 Å². The van der Waals surface area contributed by atoms with E-state index in [9.17, 15) is 14.4 Å². The lowest BCUT2D eigenvalue weighted by atomic mass is 9.98. The van der Waals surface area contributed by atoms with Gasteiger partial charge in [0.25, 0.3) is 5.91 Å². The first kappa shape index (κ1) is 32.3. The van der Waals surface area contributed by atoms with Gasteiger partial charge in [0.1, 0.15) is 24.7 Å². The molecule has 4 rings (SSSR count). The lowest BCUT2D eigenvalue weighted by Gasteiger charge is -2.30. The Balaban J connectivity index is 1.42. The number of carbonyl (C=O) groups excluding carboxylic acids is 3. The number of likely N-dealkylation sites (N-methyl/N-ethyl adjacent to an activating group) is 1. The number of methoxy groups -OCH3 is 1. The van der Waals surface area contributed by atoms with Crippen LogP contribution in [0.1, 0.15) is 50.3 Å². The second-order valence-corrected chi connectivity index (χ2v) is 11.4. The number of carbonyl (C=O) groups is 3. The number of ether oxygens (including phenoxy) is 5. The van der Waals surface area contributed by atoms with Crippen molar-refractivity contribution in [2.24, 2.45) is 0 Å². The van der Waals surface area contributed by atoms with Gasteiger partial charge in [0.15, 0.2) is 12.6 Å². The minimum absolute atomic E-state index is 0.0989. The molecule has 234 valence electrons. The maximum absolute atomic E-state index is 13.4. The van der Waals surface area contributed by atoms with Gasteiger partial charge < -0.3 is 34.3 Å². The lowest BCUT2D eigenvalue weighted by Crippen LogP contribution is -2.51. The first-order valence-corrected chi connectivity index (χ1v) is 14.5. The monoisotopic (exact) mass is 604 g/mol. The van der Waals surface area contributed by atoms with E-state index < -0.39 is 29.8 Å². The van der Waals surface area contributed by atoms with Crippen LogP contribution in [-0.2, 0) is 30.4 Å². The highest BCUT2D eigenvalue weighted by atomic mass is 16.6. The quantitative estimate of drug-likeness (QED) is 0.278. The molecular formula is C34H40N2O8. The normalized spacial score (nSPS) is 13.6. The molecule has 0 spiro atoms. The van der Waals surface area contributed by atoms with Crippen molar-refractivity contribution in [3.63, 3.8) is 0 Å². The second-order valence-electron chi connectivity index (χ2n) is 11.4. The molecule has 0 heterocycles. The zero-order valence-corrected chi connectivity index (χ0v) is 26.0. The third-order valence-electron chi connectivity index (χ3n) is 7.16. The molecule has 1 aliphatic rings. The van der Waals surface area contributed by atoms with Crippen LogP contribution in [0.3, 0.4) is 0 Å². The zero-order chi connectivity index (χ0) is 31.9. The van der Waals surface area contributed by atoms with E-state index in [1.807, 2.05) is 57.2 Å². The molecule has 0 aromatic heterocycles. The number of amides is 2. The Morgan fingerprint density at radius 2 is 1.55 bits per heavy atom. The summed E-state index contributed by atoms with van der Waals surface area (Å²) in [6.45, 7) is 7.08. The van der Waals surface area contributed by atoms with Crippen molar-refractivity contribution >= 4 is 18.0 Å². The number of hydrogen-bond acceptors (Lipinski definition) is 8. The molecule has 0 saturated heterocycles. The number of alkyl carbamates (subject to hydrolysis) is 1. The van der Waals surface area contributed by atoms with E-state index in [-0.39, 0.29) is 31.6 Å².